The van der Waals surface area contributed by atoms with E-state index in [-0.39, 0.29) is 12.2 Å². The van der Waals surface area contributed by atoms with Crippen molar-refractivity contribution in [2.45, 2.75) is 38.3 Å². The quantitative estimate of drug-likeness (QED) is 0.744. The average molecular weight is 344 g/mol. The normalized spacial score (nSPS) is 31.8. The molecule has 1 aliphatic heterocycles. The summed E-state index contributed by atoms with van der Waals surface area (Å²) in [5.74, 6) is -0.112. The molecule has 132 valence electrons. The predicted molar refractivity (Wildman–Crippen MR) is 103 cm³/mol. The molecule has 1 unspecified atom stereocenters. The number of hydrogen-bond donors (Lipinski definition) is 0. The summed E-state index contributed by atoms with van der Waals surface area (Å²) in [6, 6.07) is 20.8. The molecule has 2 aromatic carbocycles. The van der Waals surface area contributed by atoms with Gasteiger partial charge in [0, 0.05) is 23.0 Å². The lowest BCUT2D eigenvalue weighted by Gasteiger charge is -2.35. The topological polar surface area (TPSA) is 18.5 Å². The molecule has 2 aromatic rings. The maximum Gasteiger partial charge on any atom is 0.223 e. The van der Waals surface area contributed by atoms with Crippen molar-refractivity contribution in [2.24, 2.45) is 11.8 Å². The minimum absolute atomic E-state index is 0.0620. The Balaban J connectivity index is 1.63. The number of fused-ring (bicyclic) bond motifs is 1. The summed E-state index contributed by atoms with van der Waals surface area (Å²) < 4.78 is 13.7. The van der Waals surface area contributed by atoms with E-state index in [0.717, 1.165) is 17.5 Å². The minimum Gasteiger partial charge on any atom is -0.335 e. The molecule has 0 aromatic heterocycles. The maximum atomic E-state index is 6.83. The molecular formula is C24H24O2. The first kappa shape index (κ1) is 16.0. The van der Waals surface area contributed by atoms with E-state index in [1.165, 1.54) is 11.1 Å². The van der Waals surface area contributed by atoms with E-state index in [2.05, 4.69) is 74.5 Å². The summed E-state index contributed by atoms with van der Waals surface area (Å²) in [7, 11) is 0. The van der Waals surface area contributed by atoms with E-state index in [1.807, 2.05) is 12.1 Å². The summed E-state index contributed by atoms with van der Waals surface area (Å²) in [4.78, 5) is 0. The van der Waals surface area contributed by atoms with Gasteiger partial charge >= 0.3 is 0 Å². The van der Waals surface area contributed by atoms with E-state index in [1.54, 1.807) is 0 Å². The van der Waals surface area contributed by atoms with Crippen LogP contribution in [-0.4, -0.2) is 12.2 Å². The van der Waals surface area contributed by atoms with Crippen LogP contribution in [0.25, 0.3) is 0 Å². The minimum atomic E-state index is -0.830. The van der Waals surface area contributed by atoms with Crippen LogP contribution in [0.2, 0.25) is 0 Å². The van der Waals surface area contributed by atoms with Crippen molar-refractivity contribution in [1.82, 2.24) is 0 Å². The number of ether oxygens (including phenoxy) is 2. The predicted octanol–water partition coefficient (Wildman–Crippen LogP) is 5.21. The van der Waals surface area contributed by atoms with Crippen LogP contribution in [0, 0.1) is 11.8 Å². The molecule has 2 heteroatoms. The van der Waals surface area contributed by atoms with Gasteiger partial charge in [0.15, 0.2) is 0 Å². The Hall–Kier alpha value is -2.16. The smallest absolute Gasteiger partial charge is 0.223 e. The Morgan fingerprint density at radius 1 is 0.769 bits per heavy atom. The van der Waals surface area contributed by atoms with E-state index in [9.17, 15) is 0 Å². The second kappa shape index (κ2) is 5.94. The first-order chi connectivity index (χ1) is 12.7. The Bertz CT molecular complexity index is 826. The molecule has 1 heterocycles. The van der Waals surface area contributed by atoms with Crippen molar-refractivity contribution < 1.29 is 9.47 Å². The van der Waals surface area contributed by atoms with Crippen molar-refractivity contribution in [1.29, 1.82) is 0 Å². The van der Waals surface area contributed by atoms with Crippen molar-refractivity contribution in [3.8, 4) is 0 Å². The monoisotopic (exact) mass is 344 g/mol. The molecule has 0 spiro atoms. The van der Waals surface area contributed by atoms with Gasteiger partial charge in [-0.25, -0.2) is 0 Å². The maximum absolute atomic E-state index is 6.83. The van der Waals surface area contributed by atoms with Gasteiger partial charge < -0.3 is 9.47 Å². The van der Waals surface area contributed by atoms with Crippen molar-refractivity contribution in [3.63, 3.8) is 0 Å². The van der Waals surface area contributed by atoms with E-state index >= 15 is 0 Å². The van der Waals surface area contributed by atoms with Gasteiger partial charge in [-0.15, -0.1) is 0 Å². The van der Waals surface area contributed by atoms with Gasteiger partial charge in [-0.05, 0) is 12.0 Å². The highest BCUT2D eigenvalue weighted by Gasteiger charge is 2.56. The molecule has 1 saturated heterocycles. The van der Waals surface area contributed by atoms with Crippen LogP contribution in [0.15, 0.2) is 84.0 Å². The first-order valence-electron chi connectivity index (χ1n) is 9.57. The zero-order valence-corrected chi connectivity index (χ0v) is 15.3. The Morgan fingerprint density at radius 2 is 1.31 bits per heavy atom. The summed E-state index contributed by atoms with van der Waals surface area (Å²) in [5.41, 5.74) is 5.12. The lowest BCUT2D eigenvalue weighted by molar-refractivity contribution is -0.154. The molecule has 0 radical (unpaired) electrons. The van der Waals surface area contributed by atoms with Crippen LogP contribution < -0.4 is 0 Å². The summed E-state index contributed by atoms with van der Waals surface area (Å²) in [6.45, 7) is 4.57. The van der Waals surface area contributed by atoms with Crippen molar-refractivity contribution >= 4 is 0 Å². The fraction of sp³-hybridized carbons (Fsp3) is 0.333. The SMILES string of the molecule is CC1C2=C(CC=C2)[C@H](C)[C@H]2OC(c3ccccc3)(c3ccccc3)O[C@H]12. The van der Waals surface area contributed by atoms with Crippen molar-refractivity contribution in [2.75, 3.05) is 0 Å². The number of hydrogen-bond acceptors (Lipinski definition) is 2. The second-order valence-corrected chi connectivity index (χ2v) is 7.68. The summed E-state index contributed by atoms with van der Waals surface area (Å²) in [5, 5.41) is 0. The van der Waals surface area contributed by atoms with Crippen LogP contribution in [0.1, 0.15) is 31.4 Å². The van der Waals surface area contributed by atoms with Crippen LogP contribution in [0.4, 0.5) is 0 Å². The van der Waals surface area contributed by atoms with Gasteiger partial charge in [-0.2, -0.15) is 0 Å². The molecule has 0 bridgehead atoms. The second-order valence-electron chi connectivity index (χ2n) is 7.68. The van der Waals surface area contributed by atoms with Crippen LogP contribution in [0.3, 0.4) is 0 Å². The molecular weight excluding hydrogens is 320 g/mol. The molecule has 5 rings (SSSR count). The zero-order valence-electron chi connectivity index (χ0n) is 15.3. The molecule has 0 amide bonds. The molecule has 26 heavy (non-hydrogen) atoms. The molecule has 0 N–H and O–H groups in total. The standard InChI is InChI=1S/C24H24O2/c1-16-20-14-9-15-21(20)17(2)23-22(16)25-24(26-23,18-10-5-3-6-11-18)19-12-7-4-8-13-19/h3-14,16-17,22-23H,15H2,1-2H3/t16?,17-,22+,23+/m0/s1. The lowest BCUT2D eigenvalue weighted by atomic mass is 9.75. The van der Waals surface area contributed by atoms with Gasteiger partial charge in [-0.3, -0.25) is 0 Å². The lowest BCUT2D eigenvalue weighted by Crippen LogP contribution is -2.40. The van der Waals surface area contributed by atoms with Gasteiger partial charge in [-0.1, -0.05) is 92.2 Å². The first-order valence-corrected chi connectivity index (χ1v) is 9.57. The summed E-state index contributed by atoms with van der Waals surface area (Å²) >= 11 is 0. The highest BCUT2D eigenvalue weighted by Crippen LogP contribution is 2.52. The highest BCUT2D eigenvalue weighted by atomic mass is 16.8. The van der Waals surface area contributed by atoms with Gasteiger partial charge in [0.05, 0.1) is 12.2 Å². The van der Waals surface area contributed by atoms with Crippen molar-refractivity contribution in [3.05, 3.63) is 95.1 Å². The molecule has 2 nitrogen and oxygen atoms in total. The molecule has 2 aliphatic carbocycles. The fourth-order valence-corrected chi connectivity index (χ4v) is 4.88. The molecule has 0 saturated carbocycles. The molecule has 1 fully saturated rings. The summed E-state index contributed by atoms with van der Waals surface area (Å²) in [6.07, 6.45) is 5.76. The van der Waals surface area contributed by atoms with Gasteiger partial charge in [0.1, 0.15) is 0 Å². The van der Waals surface area contributed by atoms with Gasteiger partial charge in [0.2, 0.25) is 5.79 Å². The zero-order chi connectivity index (χ0) is 17.7. The van der Waals surface area contributed by atoms with Crippen LogP contribution >= 0.6 is 0 Å². The number of rotatable bonds is 2. The van der Waals surface area contributed by atoms with E-state index in [4.69, 9.17) is 9.47 Å². The molecule has 3 aliphatic rings. The van der Waals surface area contributed by atoms with E-state index < -0.39 is 5.79 Å². The largest absolute Gasteiger partial charge is 0.335 e. The Kier molecular flexibility index (Phi) is 3.66. The fourth-order valence-electron chi connectivity index (χ4n) is 4.88. The third-order valence-electron chi connectivity index (χ3n) is 6.27. The third-order valence-corrected chi connectivity index (χ3v) is 6.27. The molecule has 4 atom stereocenters. The van der Waals surface area contributed by atoms with Crippen LogP contribution in [0.5, 0.6) is 0 Å². The Morgan fingerprint density at radius 3 is 1.88 bits per heavy atom. The number of allylic oxidation sites excluding steroid dienone is 2. The number of benzene rings is 2. The Labute approximate surface area is 155 Å². The van der Waals surface area contributed by atoms with Gasteiger partial charge in [0.25, 0.3) is 0 Å². The average Bonchev–Trinajstić information content (AvgIpc) is 3.34. The van der Waals surface area contributed by atoms with E-state index in [0.29, 0.717) is 11.8 Å². The highest BCUT2D eigenvalue weighted by molar-refractivity contribution is 5.42. The third kappa shape index (κ3) is 2.19. The van der Waals surface area contributed by atoms with Crippen LogP contribution in [-0.2, 0) is 15.3 Å².